The van der Waals surface area contributed by atoms with E-state index in [0.29, 0.717) is 30.2 Å². The first-order chi connectivity index (χ1) is 18.0. The molecule has 3 aromatic heterocycles. The number of nitrogens with one attached hydrogen (secondary N) is 1. The number of amides is 1. The summed E-state index contributed by atoms with van der Waals surface area (Å²) in [4.78, 5) is 40.3. The van der Waals surface area contributed by atoms with Gasteiger partial charge in [-0.15, -0.1) is 0 Å². The molecule has 9 heteroatoms. The zero-order valence-corrected chi connectivity index (χ0v) is 20.1. The second-order valence-electron chi connectivity index (χ2n) is 9.17. The Labute approximate surface area is 211 Å². The normalized spacial score (nSPS) is 13.6. The second-order valence-corrected chi connectivity index (χ2v) is 9.17. The smallest absolute Gasteiger partial charge is 0.274 e. The first kappa shape index (κ1) is 22.8. The molecule has 0 radical (unpaired) electrons. The highest BCUT2D eigenvalue weighted by Crippen LogP contribution is 2.30. The summed E-state index contributed by atoms with van der Waals surface area (Å²) in [7, 11) is 0. The van der Waals surface area contributed by atoms with Crippen LogP contribution in [0.4, 0.5) is 4.39 Å². The van der Waals surface area contributed by atoms with Crippen LogP contribution >= 0.6 is 0 Å². The third kappa shape index (κ3) is 3.98. The molecular formula is C28H23FN6O2. The maximum atomic E-state index is 13.6. The van der Waals surface area contributed by atoms with E-state index in [0.717, 1.165) is 16.7 Å². The number of halogens is 1. The average Bonchev–Trinajstić information content (AvgIpc) is 3.29. The van der Waals surface area contributed by atoms with Crippen molar-refractivity contribution in [2.24, 2.45) is 5.92 Å². The monoisotopic (exact) mass is 494 g/mol. The molecule has 37 heavy (non-hydrogen) atoms. The van der Waals surface area contributed by atoms with E-state index in [9.17, 15) is 14.0 Å². The van der Waals surface area contributed by atoms with Gasteiger partial charge in [0.05, 0.1) is 18.1 Å². The van der Waals surface area contributed by atoms with Crippen LogP contribution in [0.25, 0.3) is 39.4 Å². The number of fused-ring (bicyclic) bond motifs is 1. The molecule has 1 aliphatic rings. The van der Waals surface area contributed by atoms with Gasteiger partial charge in [0.25, 0.3) is 11.5 Å². The molecule has 1 saturated heterocycles. The van der Waals surface area contributed by atoms with Gasteiger partial charge in [-0.2, -0.15) is 9.61 Å². The van der Waals surface area contributed by atoms with Crippen LogP contribution in [-0.4, -0.2) is 55.1 Å². The zero-order chi connectivity index (χ0) is 25.5. The van der Waals surface area contributed by atoms with Crippen molar-refractivity contribution in [1.82, 2.24) is 29.5 Å². The molecule has 1 N–H and O–H groups in total. The Balaban J connectivity index is 1.49. The van der Waals surface area contributed by atoms with Gasteiger partial charge < -0.3 is 9.88 Å². The molecule has 0 unspecified atom stereocenters. The van der Waals surface area contributed by atoms with E-state index in [2.05, 4.69) is 20.1 Å². The lowest BCUT2D eigenvalue weighted by molar-refractivity contribution is 0.0455. The fourth-order valence-corrected chi connectivity index (χ4v) is 4.67. The van der Waals surface area contributed by atoms with Crippen molar-refractivity contribution in [2.75, 3.05) is 19.8 Å². The van der Waals surface area contributed by atoms with Crippen molar-refractivity contribution in [1.29, 1.82) is 0 Å². The summed E-state index contributed by atoms with van der Waals surface area (Å²) in [6.07, 6.45) is 3.07. The minimum Gasteiger partial charge on any atom is -0.339 e. The van der Waals surface area contributed by atoms with Crippen LogP contribution in [0.1, 0.15) is 16.1 Å². The van der Waals surface area contributed by atoms with E-state index in [4.69, 9.17) is 0 Å². The average molecular weight is 495 g/mol. The summed E-state index contributed by atoms with van der Waals surface area (Å²) in [5.41, 5.74) is 4.85. The molecule has 0 saturated carbocycles. The fraction of sp³-hybridized carbons (Fsp3) is 0.179. The van der Waals surface area contributed by atoms with E-state index in [-0.39, 0.29) is 34.3 Å². The van der Waals surface area contributed by atoms with E-state index in [1.54, 1.807) is 18.0 Å². The maximum absolute atomic E-state index is 13.6. The van der Waals surface area contributed by atoms with Crippen molar-refractivity contribution in [2.45, 2.75) is 6.92 Å². The first-order valence-electron chi connectivity index (χ1n) is 12.0. The summed E-state index contributed by atoms with van der Waals surface area (Å²) < 4.78 is 14.3. The number of carbonyl (C=O) groups is 1. The molecule has 4 heterocycles. The van der Waals surface area contributed by atoms with Gasteiger partial charge in [-0.1, -0.05) is 54.6 Å². The third-order valence-corrected chi connectivity index (χ3v) is 6.70. The Morgan fingerprint density at radius 2 is 1.65 bits per heavy atom. The molecule has 1 fully saturated rings. The Bertz CT molecular complexity index is 1670. The number of aryl methyl sites for hydroxylation is 1. The van der Waals surface area contributed by atoms with Gasteiger partial charge in [0.15, 0.2) is 5.65 Å². The highest BCUT2D eigenvalue weighted by molar-refractivity contribution is 6.06. The topological polar surface area (TPSA) is 96.2 Å². The number of hydrogen-bond acceptors (Lipinski definition) is 5. The highest BCUT2D eigenvalue weighted by Gasteiger charge is 2.35. The number of aromatic nitrogens is 5. The van der Waals surface area contributed by atoms with Gasteiger partial charge in [0.1, 0.15) is 17.0 Å². The molecular weight excluding hydrogens is 471 g/mol. The van der Waals surface area contributed by atoms with Crippen molar-refractivity contribution in [3.05, 3.63) is 94.7 Å². The molecule has 6 rings (SSSR count). The zero-order valence-electron chi connectivity index (χ0n) is 20.1. The number of aromatic amines is 1. The quantitative estimate of drug-likeness (QED) is 0.396. The van der Waals surface area contributed by atoms with E-state index in [1.807, 2.05) is 54.6 Å². The lowest BCUT2D eigenvalue weighted by Gasteiger charge is -2.37. The molecule has 1 amide bonds. The lowest BCUT2D eigenvalue weighted by Crippen LogP contribution is -2.50. The Morgan fingerprint density at radius 1 is 0.973 bits per heavy atom. The third-order valence-electron chi connectivity index (χ3n) is 6.70. The maximum Gasteiger partial charge on any atom is 0.274 e. The summed E-state index contributed by atoms with van der Waals surface area (Å²) in [6.45, 7) is 1.92. The van der Waals surface area contributed by atoms with E-state index < -0.39 is 6.67 Å². The van der Waals surface area contributed by atoms with Crippen molar-refractivity contribution < 1.29 is 9.18 Å². The minimum atomic E-state index is -0.478. The van der Waals surface area contributed by atoms with Crippen LogP contribution in [0.3, 0.4) is 0 Å². The lowest BCUT2D eigenvalue weighted by atomic mass is 9.99. The van der Waals surface area contributed by atoms with Gasteiger partial charge >= 0.3 is 0 Å². The van der Waals surface area contributed by atoms with Crippen LogP contribution in [0.5, 0.6) is 0 Å². The Kier molecular flexibility index (Phi) is 5.60. The number of likely N-dealkylation sites (tertiary alicyclic amines) is 1. The molecule has 0 spiro atoms. The molecule has 184 valence electrons. The van der Waals surface area contributed by atoms with Gasteiger partial charge in [0, 0.05) is 37.5 Å². The number of benzene rings is 2. The molecule has 5 aromatic rings. The summed E-state index contributed by atoms with van der Waals surface area (Å²) in [5, 5.41) is 4.48. The van der Waals surface area contributed by atoms with Gasteiger partial charge in [-0.05, 0) is 23.6 Å². The largest absolute Gasteiger partial charge is 0.339 e. The van der Waals surface area contributed by atoms with Crippen LogP contribution in [0, 0.1) is 12.8 Å². The first-order valence-corrected chi connectivity index (χ1v) is 12.0. The van der Waals surface area contributed by atoms with E-state index >= 15 is 0 Å². The predicted molar refractivity (Wildman–Crippen MR) is 138 cm³/mol. The highest BCUT2D eigenvalue weighted by atomic mass is 19.1. The fourth-order valence-electron chi connectivity index (χ4n) is 4.67. The predicted octanol–water partition coefficient (Wildman–Crippen LogP) is 4.16. The molecule has 1 aliphatic heterocycles. The second kappa shape index (κ2) is 9.09. The standard InChI is InChI=1S/C28H23FN6O2/c1-17-25(31-12-11-30-17)26-24(28(37)34-15-18(14-29)16-34)27-32-22(13-23(36)35(27)33-26)21-9-7-20(8-10-21)19-5-3-2-4-6-19/h2-13,18,32H,14-16H2,1H3. The molecule has 0 aliphatic carbocycles. The summed E-state index contributed by atoms with van der Waals surface area (Å²) in [5.74, 6) is -0.503. The molecule has 8 nitrogen and oxygen atoms in total. The Hall–Kier alpha value is -4.66. The SMILES string of the molecule is Cc1nccnc1-c1nn2c(=O)cc(-c3ccc(-c4ccccc4)cc3)[nH]c2c1C(=O)N1CC(CF)C1. The summed E-state index contributed by atoms with van der Waals surface area (Å²) >= 11 is 0. The number of rotatable bonds is 5. The van der Waals surface area contributed by atoms with Crippen LogP contribution in [0.2, 0.25) is 0 Å². The number of nitrogens with zero attached hydrogens (tertiary/aromatic N) is 5. The van der Waals surface area contributed by atoms with Crippen LogP contribution < -0.4 is 5.56 Å². The number of hydrogen-bond donors (Lipinski definition) is 1. The van der Waals surface area contributed by atoms with E-state index in [1.165, 1.54) is 16.8 Å². The molecule has 2 aromatic carbocycles. The van der Waals surface area contributed by atoms with Crippen LogP contribution in [-0.2, 0) is 0 Å². The number of H-pyrrole nitrogens is 1. The summed E-state index contributed by atoms with van der Waals surface area (Å²) in [6, 6.07) is 19.3. The van der Waals surface area contributed by atoms with Gasteiger partial charge in [-0.3, -0.25) is 23.9 Å². The molecule has 0 bridgehead atoms. The minimum absolute atomic E-state index is 0.176. The number of alkyl halides is 1. The number of carbonyl (C=O) groups excluding carboxylic acids is 1. The van der Waals surface area contributed by atoms with Crippen molar-refractivity contribution in [3.8, 4) is 33.8 Å². The van der Waals surface area contributed by atoms with Crippen molar-refractivity contribution >= 4 is 11.6 Å². The Morgan fingerprint density at radius 3 is 2.35 bits per heavy atom. The van der Waals surface area contributed by atoms with Gasteiger partial charge in [0.2, 0.25) is 0 Å². The van der Waals surface area contributed by atoms with Crippen molar-refractivity contribution in [3.63, 3.8) is 0 Å². The molecule has 0 atom stereocenters. The van der Waals surface area contributed by atoms with Crippen LogP contribution in [0.15, 0.2) is 77.9 Å². The van der Waals surface area contributed by atoms with Gasteiger partial charge in [-0.25, -0.2) is 0 Å².